The van der Waals surface area contributed by atoms with Crippen LogP contribution in [0.2, 0.25) is 0 Å². The molecular weight excluding hydrogens is 311 g/mol. The average molecular weight is 324 g/mol. The predicted molar refractivity (Wildman–Crippen MR) is 65.4 cm³/mol. The second-order valence-corrected chi connectivity index (χ2v) is 5.44. The van der Waals surface area contributed by atoms with Crippen LogP contribution in [0.4, 0.5) is 4.39 Å². The number of halogens is 3. The molecule has 0 fully saturated rings. The summed E-state index contributed by atoms with van der Waals surface area (Å²) in [6.45, 7) is 2.15. The fourth-order valence-electron chi connectivity index (χ4n) is 1.22. The van der Waals surface area contributed by atoms with E-state index in [-0.39, 0.29) is 5.82 Å². The van der Waals surface area contributed by atoms with Gasteiger partial charge in [0.25, 0.3) is 0 Å². The van der Waals surface area contributed by atoms with E-state index in [1.807, 2.05) is 12.1 Å². The number of rotatable bonds is 4. The van der Waals surface area contributed by atoms with Gasteiger partial charge in [0.1, 0.15) is 5.82 Å². The van der Waals surface area contributed by atoms with Crippen LogP contribution in [0.3, 0.4) is 0 Å². The lowest BCUT2D eigenvalue weighted by atomic mass is 10.1. The van der Waals surface area contributed by atoms with Crippen LogP contribution in [0.15, 0.2) is 22.7 Å². The van der Waals surface area contributed by atoms with Crippen LogP contribution in [-0.2, 0) is 6.42 Å². The lowest BCUT2D eigenvalue weighted by Gasteiger charge is -2.06. The molecule has 1 aromatic rings. The summed E-state index contributed by atoms with van der Waals surface area (Å²) in [5.41, 5.74) is 1.18. The highest BCUT2D eigenvalue weighted by molar-refractivity contribution is 9.10. The van der Waals surface area contributed by atoms with Crippen LogP contribution in [0.25, 0.3) is 0 Å². The molecular formula is C11H13Br2F. The van der Waals surface area contributed by atoms with E-state index >= 15 is 0 Å². The van der Waals surface area contributed by atoms with Crippen molar-refractivity contribution < 1.29 is 4.39 Å². The summed E-state index contributed by atoms with van der Waals surface area (Å²) in [7, 11) is 0. The Morgan fingerprint density at radius 1 is 1.43 bits per heavy atom. The van der Waals surface area contributed by atoms with Gasteiger partial charge in [0.2, 0.25) is 0 Å². The molecule has 1 atom stereocenters. The van der Waals surface area contributed by atoms with Crippen LogP contribution in [0, 0.1) is 5.82 Å². The van der Waals surface area contributed by atoms with Crippen molar-refractivity contribution in [3.63, 3.8) is 0 Å². The Labute approximate surface area is 101 Å². The maximum absolute atomic E-state index is 12.9. The topological polar surface area (TPSA) is 0 Å². The molecule has 0 bridgehead atoms. The van der Waals surface area contributed by atoms with Crippen LogP contribution in [-0.4, -0.2) is 4.83 Å². The summed E-state index contributed by atoms with van der Waals surface area (Å²) in [4.78, 5) is 0.561. The van der Waals surface area contributed by atoms with Gasteiger partial charge in [0.15, 0.2) is 0 Å². The Bertz CT molecular complexity index is 299. The Hall–Kier alpha value is 0.110. The largest absolute Gasteiger partial charge is 0.206 e. The van der Waals surface area contributed by atoms with Gasteiger partial charge in [-0.2, -0.15) is 0 Å². The molecule has 3 heteroatoms. The number of hydrogen-bond acceptors (Lipinski definition) is 0. The highest BCUT2D eigenvalue weighted by Gasteiger charge is 2.03. The summed E-state index contributed by atoms with van der Waals surface area (Å²) in [6.07, 6.45) is 3.21. The molecule has 0 aromatic heterocycles. The fourth-order valence-corrected chi connectivity index (χ4v) is 1.88. The fraction of sp³-hybridized carbons (Fsp3) is 0.455. The van der Waals surface area contributed by atoms with Gasteiger partial charge in [0.05, 0.1) is 4.47 Å². The highest BCUT2D eigenvalue weighted by Crippen LogP contribution is 2.19. The molecule has 1 rings (SSSR count). The van der Waals surface area contributed by atoms with E-state index in [4.69, 9.17) is 0 Å². The van der Waals surface area contributed by atoms with E-state index in [9.17, 15) is 4.39 Å². The van der Waals surface area contributed by atoms with Gasteiger partial charge >= 0.3 is 0 Å². The van der Waals surface area contributed by atoms with Crippen molar-refractivity contribution in [1.82, 2.24) is 0 Å². The van der Waals surface area contributed by atoms with E-state index in [1.54, 1.807) is 0 Å². The van der Waals surface area contributed by atoms with Crippen molar-refractivity contribution in [3.8, 4) is 0 Å². The highest BCUT2D eigenvalue weighted by atomic mass is 79.9. The molecule has 0 aliphatic rings. The second kappa shape index (κ2) is 5.86. The minimum Gasteiger partial charge on any atom is -0.206 e. The van der Waals surface area contributed by atoms with Crippen LogP contribution >= 0.6 is 31.9 Å². The standard InChI is InChI=1S/C11H13Br2F/c1-2-9(12)5-3-8-4-6-11(14)10(13)7-8/h4,6-7,9H,2-3,5H2,1H3. The van der Waals surface area contributed by atoms with Gasteiger partial charge in [-0.1, -0.05) is 28.9 Å². The third-order valence-corrected chi connectivity index (χ3v) is 3.89. The minimum absolute atomic E-state index is 0.195. The van der Waals surface area contributed by atoms with Crippen molar-refractivity contribution in [1.29, 1.82) is 0 Å². The van der Waals surface area contributed by atoms with Gasteiger partial charge < -0.3 is 0 Å². The molecule has 1 unspecified atom stereocenters. The quantitative estimate of drug-likeness (QED) is 0.705. The Balaban J connectivity index is 2.55. The molecule has 0 N–H and O–H groups in total. The molecule has 0 saturated heterocycles. The average Bonchev–Trinajstić information content (AvgIpc) is 2.19. The summed E-state index contributed by atoms with van der Waals surface area (Å²) in [5, 5.41) is 0. The van der Waals surface area contributed by atoms with Crippen molar-refractivity contribution in [2.75, 3.05) is 0 Å². The van der Waals surface area contributed by atoms with Crippen LogP contribution < -0.4 is 0 Å². The number of benzene rings is 1. The zero-order valence-electron chi connectivity index (χ0n) is 8.06. The summed E-state index contributed by atoms with van der Waals surface area (Å²) >= 11 is 6.76. The molecule has 0 aliphatic carbocycles. The molecule has 0 heterocycles. The molecule has 1 aromatic carbocycles. The van der Waals surface area contributed by atoms with Crippen LogP contribution in [0.1, 0.15) is 25.3 Å². The van der Waals surface area contributed by atoms with E-state index in [2.05, 4.69) is 38.8 Å². The van der Waals surface area contributed by atoms with Crippen molar-refractivity contribution in [2.24, 2.45) is 0 Å². The molecule has 0 radical (unpaired) electrons. The van der Waals surface area contributed by atoms with Crippen LogP contribution in [0.5, 0.6) is 0 Å². The normalized spacial score (nSPS) is 12.9. The van der Waals surface area contributed by atoms with E-state index in [0.717, 1.165) is 19.3 Å². The van der Waals surface area contributed by atoms with Gasteiger partial charge in [-0.25, -0.2) is 4.39 Å². The number of hydrogen-bond donors (Lipinski definition) is 0. The number of aryl methyl sites for hydroxylation is 1. The zero-order valence-corrected chi connectivity index (χ0v) is 11.2. The van der Waals surface area contributed by atoms with Crippen molar-refractivity contribution >= 4 is 31.9 Å². The third kappa shape index (κ3) is 3.70. The maximum atomic E-state index is 12.9. The van der Waals surface area contributed by atoms with E-state index in [1.165, 1.54) is 11.6 Å². The smallest absolute Gasteiger partial charge is 0.137 e. The maximum Gasteiger partial charge on any atom is 0.137 e. The molecule has 0 amide bonds. The second-order valence-electron chi connectivity index (χ2n) is 3.29. The van der Waals surface area contributed by atoms with Crippen molar-refractivity contribution in [2.45, 2.75) is 31.0 Å². The SMILES string of the molecule is CCC(Br)CCc1ccc(F)c(Br)c1. The molecule has 14 heavy (non-hydrogen) atoms. The first-order valence-corrected chi connectivity index (χ1v) is 6.42. The van der Waals surface area contributed by atoms with Crippen molar-refractivity contribution in [3.05, 3.63) is 34.1 Å². The molecule has 0 aliphatic heterocycles. The van der Waals surface area contributed by atoms with Gasteiger partial charge in [-0.15, -0.1) is 0 Å². The first-order valence-electron chi connectivity index (χ1n) is 4.71. The Morgan fingerprint density at radius 2 is 2.14 bits per heavy atom. The Morgan fingerprint density at radius 3 is 2.71 bits per heavy atom. The van der Waals surface area contributed by atoms with E-state index in [0.29, 0.717) is 9.30 Å². The zero-order chi connectivity index (χ0) is 10.6. The monoisotopic (exact) mass is 322 g/mol. The number of alkyl halides is 1. The summed E-state index contributed by atoms with van der Waals surface area (Å²) < 4.78 is 13.5. The first-order chi connectivity index (χ1) is 6.63. The molecule has 0 nitrogen and oxygen atoms in total. The van der Waals surface area contributed by atoms with Gasteiger partial charge in [-0.3, -0.25) is 0 Å². The predicted octanol–water partition coefficient (Wildman–Crippen LogP) is 4.69. The van der Waals surface area contributed by atoms with E-state index < -0.39 is 0 Å². The van der Waals surface area contributed by atoms with Gasteiger partial charge in [-0.05, 0) is 52.9 Å². The third-order valence-electron chi connectivity index (χ3n) is 2.17. The molecule has 0 saturated carbocycles. The summed E-state index contributed by atoms with van der Waals surface area (Å²) in [6, 6.07) is 5.20. The molecule has 78 valence electrons. The first kappa shape index (κ1) is 12.2. The Kier molecular flexibility index (Phi) is 5.10. The van der Waals surface area contributed by atoms with Gasteiger partial charge in [0, 0.05) is 4.83 Å². The summed E-state index contributed by atoms with van der Waals surface area (Å²) in [5.74, 6) is -0.195. The lowest BCUT2D eigenvalue weighted by molar-refractivity contribution is 0.619. The minimum atomic E-state index is -0.195. The lowest BCUT2D eigenvalue weighted by Crippen LogP contribution is -1.98. The molecule has 0 spiro atoms.